The molecule has 0 unspecified atom stereocenters. The Labute approximate surface area is 97.8 Å². The van der Waals surface area contributed by atoms with Crippen LogP contribution in [0.25, 0.3) is 0 Å². The van der Waals surface area contributed by atoms with Crippen molar-refractivity contribution in [2.24, 2.45) is 0 Å². The molecule has 0 fully saturated rings. The van der Waals surface area contributed by atoms with Crippen LogP contribution in [0.4, 0.5) is 0 Å². The lowest BCUT2D eigenvalue weighted by atomic mass is 10.2. The highest BCUT2D eigenvalue weighted by Crippen LogP contribution is 2.18. The minimum atomic E-state index is -0.467. The maximum Gasteiger partial charge on any atom is 0.311 e. The average molecular weight is 243 g/mol. The molecule has 0 aliphatic heterocycles. The number of hydrogen-bond acceptors (Lipinski definition) is 4. The van der Waals surface area contributed by atoms with Crippen LogP contribution in [0, 0.1) is 0 Å². The summed E-state index contributed by atoms with van der Waals surface area (Å²) < 4.78 is 4.92. The van der Waals surface area contributed by atoms with Gasteiger partial charge >= 0.3 is 5.97 Å². The molecule has 1 N–H and O–H groups in total. The molecule has 0 saturated heterocycles. The largest absolute Gasteiger partial charge is 0.508 e. The van der Waals surface area contributed by atoms with Crippen LogP contribution < -0.4 is 4.74 Å². The first-order chi connectivity index (χ1) is 7.58. The zero-order chi connectivity index (χ0) is 12.0. The Kier molecular flexibility index (Phi) is 4.79. The van der Waals surface area contributed by atoms with Crippen molar-refractivity contribution in [3.05, 3.63) is 24.3 Å². The summed E-state index contributed by atoms with van der Waals surface area (Å²) in [6, 6.07) is 5.94. The molecule has 86 valence electrons. The maximum atomic E-state index is 11.2. The van der Waals surface area contributed by atoms with Crippen molar-refractivity contribution in [2.45, 2.75) is 19.3 Å². The normalized spacial score (nSPS) is 9.81. The highest BCUT2D eigenvalue weighted by Gasteiger charge is 2.06. The van der Waals surface area contributed by atoms with Crippen molar-refractivity contribution < 1.29 is 19.4 Å². The fourth-order valence-corrected chi connectivity index (χ4v) is 1.23. The quantitative estimate of drug-likeness (QED) is 0.489. The molecule has 0 spiro atoms. The zero-order valence-electron chi connectivity index (χ0n) is 8.48. The van der Waals surface area contributed by atoms with E-state index < -0.39 is 11.2 Å². The van der Waals surface area contributed by atoms with Crippen molar-refractivity contribution in [1.82, 2.24) is 0 Å². The van der Waals surface area contributed by atoms with Gasteiger partial charge in [-0.1, -0.05) is 6.07 Å². The maximum absolute atomic E-state index is 11.2. The molecule has 0 atom stereocenters. The number of halogens is 1. The SMILES string of the molecule is O=C(Cl)CCCC(=O)Oc1cccc(O)c1. The van der Waals surface area contributed by atoms with Crippen LogP contribution in [0.15, 0.2) is 24.3 Å². The first-order valence-corrected chi connectivity index (χ1v) is 5.14. The minimum absolute atomic E-state index is 0.0289. The number of aromatic hydroxyl groups is 1. The summed E-state index contributed by atoms with van der Waals surface area (Å²) in [6.45, 7) is 0. The van der Waals surface area contributed by atoms with Crippen LogP contribution in [0.5, 0.6) is 11.5 Å². The summed E-state index contributed by atoms with van der Waals surface area (Å²) >= 11 is 5.12. The van der Waals surface area contributed by atoms with Gasteiger partial charge in [0.05, 0.1) is 0 Å². The van der Waals surface area contributed by atoms with Gasteiger partial charge in [-0.3, -0.25) is 9.59 Å². The molecular weight excluding hydrogens is 232 g/mol. The van der Waals surface area contributed by atoms with Gasteiger partial charge in [0.2, 0.25) is 5.24 Å². The zero-order valence-corrected chi connectivity index (χ0v) is 9.24. The summed E-state index contributed by atoms with van der Waals surface area (Å²) in [4.78, 5) is 21.7. The van der Waals surface area contributed by atoms with E-state index in [0.717, 1.165) is 0 Å². The number of esters is 1. The smallest absolute Gasteiger partial charge is 0.311 e. The van der Waals surface area contributed by atoms with Crippen LogP contribution in [0.1, 0.15) is 19.3 Å². The second kappa shape index (κ2) is 6.12. The number of phenolic OH excluding ortho intramolecular Hbond substituents is 1. The molecule has 1 aromatic carbocycles. The van der Waals surface area contributed by atoms with Crippen LogP contribution >= 0.6 is 11.6 Å². The van der Waals surface area contributed by atoms with E-state index in [4.69, 9.17) is 21.4 Å². The molecule has 0 aromatic heterocycles. The Hall–Kier alpha value is -1.55. The van der Waals surface area contributed by atoms with E-state index in [2.05, 4.69) is 0 Å². The van der Waals surface area contributed by atoms with Crippen molar-refractivity contribution in [2.75, 3.05) is 0 Å². The molecule has 1 aromatic rings. The van der Waals surface area contributed by atoms with Crippen molar-refractivity contribution >= 4 is 22.8 Å². The van der Waals surface area contributed by atoms with Gasteiger partial charge in [0.1, 0.15) is 11.5 Å². The van der Waals surface area contributed by atoms with E-state index in [-0.39, 0.29) is 24.3 Å². The topological polar surface area (TPSA) is 63.6 Å². The molecule has 0 radical (unpaired) electrons. The van der Waals surface area contributed by atoms with Crippen LogP contribution in [0.3, 0.4) is 0 Å². The van der Waals surface area contributed by atoms with Gasteiger partial charge in [-0.2, -0.15) is 0 Å². The third-order valence-corrected chi connectivity index (χ3v) is 1.99. The number of benzene rings is 1. The van der Waals surface area contributed by atoms with Gasteiger partial charge in [0.15, 0.2) is 0 Å². The molecule has 0 bridgehead atoms. The third-order valence-electron chi connectivity index (χ3n) is 1.80. The summed E-state index contributed by atoms with van der Waals surface area (Å²) in [7, 11) is 0. The number of rotatable bonds is 5. The van der Waals surface area contributed by atoms with E-state index in [1.165, 1.54) is 12.1 Å². The second-order valence-electron chi connectivity index (χ2n) is 3.18. The average Bonchev–Trinajstić information content (AvgIpc) is 2.16. The van der Waals surface area contributed by atoms with Crippen LogP contribution in [-0.4, -0.2) is 16.3 Å². The molecular formula is C11H11ClO4. The number of carbonyl (C=O) groups excluding carboxylic acids is 2. The lowest BCUT2D eigenvalue weighted by molar-refractivity contribution is -0.134. The first-order valence-electron chi connectivity index (χ1n) is 4.76. The molecule has 5 heteroatoms. The molecule has 4 nitrogen and oxygen atoms in total. The summed E-state index contributed by atoms with van der Waals surface area (Å²) in [6.07, 6.45) is 0.630. The molecule has 0 aliphatic carbocycles. The third kappa shape index (κ3) is 4.79. The second-order valence-corrected chi connectivity index (χ2v) is 3.60. The highest BCUT2D eigenvalue weighted by molar-refractivity contribution is 6.63. The summed E-state index contributed by atoms with van der Waals surface area (Å²) in [5.74, 6) is -0.146. The van der Waals surface area contributed by atoms with Crippen LogP contribution in [-0.2, 0) is 9.59 Å². The predicted molar refractivity (Wildman–Crippen MR) is 58.5 cm³/mol. The van der Waals surface area contributed by atoms with Gasteiger partial charge in [0.25, 0.3) is 0 Å². The van der Waals surface area contributed by atoms with E-state index in [0.29, 0.717) is 6.42 Å². The van der Waals surface area contributed by atoms with Crippen molar-refractivity contribution in [3.63, 3.8) is 0 Å². The van der Waals surface area contributed by atoms with Crippen LogP contribution in [0.2, 0.25) is 0 Å². The number of hydrogen-bond donors (Lipinski definition) is 1. The Balaban J connectivity index is 2.37. The lowest BCUT2D eigenvalue weighted by Gasteiger charge is -2.03. The van der Waals surface area contributed by atoms with Gasteiger partial charge in [-0.25, -0.2) is 0 Å². The van der Waals surface area contributed by atoms with E-state index in [1.807, 2.05) is 0 Å². The number of carbonyl (C=O) groups is 2. The van der Waals surface area contributed by atoms with E-state index in [1.54, 1.807) is 12.1 Å². The molecule has 0 aliphatic rings. The van der Waals surface area contributed by atoms with Crippen molar-refractivity contribution in [1.29, 1.82) is 0 Å². The first kappa shape index (κ1) is 12.5. The molecule has 0 heterocycles. The number of phenols is 1. The number of ether oxygens (including phenoxy) is 1. The molecule has 0 saturated carbocycles. The molecule has 0 amide bonds. The Morgan fingerprint density at radius 2 is 2.06 bits per heavy atom. The highest BCUT2D eigenvalue weighted by atomic mass is 35.5. The Bertz CT molecular complexity index is 389. The standard InChI is InChI=1S/C11H11ClO4/c12-10(14)5-2-6-11(15)16-9-4-1-3-8(13)7-9/h1,3-4,7,13H,2,5-6H2. The predicted octanol–water partition coefficient (Wildman–Crippen LogP) is 2.23. The fraction of sp³-hybridized carbons (Fsp3) is 0.273. The minimum Gasteiger partial charge on any atom is -0.508 e. The lowest BCUT2D eigenvalue weighted by Crippen LogP contribution is -2.07. The molecule has 1 rings (SSSR count). The van der Waals surface area contributed by atoms with Crippen molar-refractivity contribution in [3.8, 4) is 11.5 Å². The van der Waals surface area contributed by atoms with Gasteiger partial charge < -0.3 is 9.84 Å². The Morgan fingerprint density at radius 3 is 2.69 bits per heavy atom. The summed E-state index contributed by atoms with van der Waals surface area (Å²) in [5.41, 5.74) is 0. The van der Waals surface area contributed by atoms with E-state index in [9.17, 15) is 9.59 Å². The molecule has 16 heavy (non-hydrogen) atoms. The summed E-state index contributed by atoms with van der Waals surface area (Å²) in [5, 5.41) is 8.65. The van der Waals surface area contributed by atoms with E-state index >= 15 is 0 Å². The van der Waals surface area contributed by atoms with Gasteiger partial charge in [-0.15, -0.1) is 0 Å². The van der Waals surface area contributed by atoms with Gasteiger partial charge in [0, 0.05) is 18.9 Å². The fourth-order valence-electron chi connectivity index (χ4n) is 1.10. The monoisotopic (exact) mass is 242 g/mol. The van der Waals surface area contributed by atoms with Gasteiger partial charge in [-0.05, 0) is 30.2 Å². The Morgan fingerprint density at radius 1 is 1.31 bits per heavy atom.